The number of hydrogen-bond acceptors (Lipinski definition) is 4. The van der Waals surface area contributed by atoms with Crippen LogP contribution in [0, 0.1) is 0 Å². The van der Waals surface area contributed by atoms with Crippen LogP contribution in [0.25, 0.3) is 32.5 Å². The van der Waals surface area contributed by atoms with E-state index in [-0.39, 0.29) is 5.56 Å². The van der Waals surface area contributed by atoms with E-state index in [1.807, 2.05) is 54.8 Å². The number of aryl methyl sites for hydroxylation is 1. The normalized spacial score (nSPS) is 12.2. The van der Waals surface area contributed by atoms with Gasteiger partial charge in [-0.1, -0.05) is 61.5 Å². The van der Waals surface area contributed by atoms with Gasteiger partial charge in [0, 0.05) is 17.4 Å². The van der Waals surface area contributed by atoms with Gasteiger partial charge >= 0.3 is 0 Å². The number of rotatable bonds is 5. The van der Waals surface area contributed by atoms with Crippen LogP contribution in [0.2, 0.25) is 0 Å². The molecule has 146 valence electrons. The molecule has 0 fully saturated rings. The van der Waals surface area contributed by atoms with Crippen LogP contribution in [0.4, 0.5) is 0 Å². The Labute approximate surface area is 172 Å². The lowest BCUT2D eigenvalue weighted by molar-refractivity contribution is -0.120. The summed E-state index contributed by atoms with van der Waals surface area (Å²) in [6.45, 7) is 3.55. The van der Waals surface area contributed by atoms with Crippen LogP contribution >= 0.6 is 11.3 Å². The zero-order chi connectivity index (χ0) is 20.5. The first-order chi connectivity index (χ1) is 14.0. The summed E-state index contributed by atoms with van der Waals surface area (Å²) >= 11 is 1.44. The van der Waals surface area contributed by atoms with Crippen molar-refractivity contribution in [2.45, 2.75) is 26.3 Å². The van der Waals surface area contributed by atoms with Gasteiger partial charge in [-0.2, -0.15) is 0 Å². The lowest BCUT2D eigenvalue weighted by Gasteiger charge is -2.16. The molecule has 0 radical (unpaired) electrons. The molecule has 4 rings (SSSR count). The highest BCUT2D eigenvalue weighted by Crippen LogP contribution is 2.33. The summed E-state index contributed by atoms with van der Waals surface area (Å²) in [5, 5.41) is 2.49. The summed E-state index contributed by atoms with van der Waals surface area (Å²) < 4.78 is 1.43. The molecule has 0 bridgehead atoms. The van der Waals surface area contributed by atoms with Gasteiger partial charge in [0.25, 0.3) is 5.56 Å². The lowest BCUT2D eigenvalue weighted by atomic mass is 10.0. The van der Waals surface area contributed by atoms with Crippen molar-refractivity contribution in [2.24, 2.45) is 5.73 Å². The number of aromatic nitrogens is 2. The number of amides is 1. The fourth-order valence-corrected chi connectivity index (χ4v) is 4.46. The molecule has 6 heteroatoms. The highest BCUT2D eigenvalue weighted by atomic mass is 32.1. The van der Waals surface area contributed by atoms with Crippen LogP contribution < -0.4 is 11.3 Å². The number of carbonyl (C=O) groups excluding carboxylic acids is 1. The van der Waals surface area contributed by atoms with Gasteiger partial charge in [-0.3, -0.25) is 14.2 Å². The topological polar surface area (TPSA) is 78.0 Å². The molecule has 2 N–H and O–H groups in total. The van der Waals surface area contributed by atoms with E-state index in [1.165, 1.54) is 15.9 Å². The number of nitrogens with two attached hydrogens (primary N) is 1. The first-order valence-electron chi connectivity index (χ1n) is 9.49. The Bertz CT molecular complexity index is 1240. The molecular weight excluding hydrogens is 382 g/mol. The van der Waals surface area contributed by atoms with E-state index in [0.717, 1.165) is 22.3 Å². The standard InChI is InChI=1S/C23H21N3O2S/c1-3-19-25-22-20(23(28)26(19)14(2)21(24)27)18(13-29-22)17-11-9-16(10-12-17)15-7-5-4-6-8-15/h4-14H,3H2,1-2H3,(H2,24,27). The second kappa shape index (κ2) is 7.64. The molecule has 29 heavy (non-hydrogen) atoms. The van der Waals surface area contributed by atoms with Crippen LogP contribution in [0.3, 0.4) is 0 Å². The van der Waals surface area contributed by atoms with Gasteiger partial charge in [-0.05, 0) is 23.6 Å². The minimum absolute atomic E-state index is 0.221. The van der Waals surface area contributed by atoms with Crippen LogP contribution in [0.1, 0.15) is 25.7 Å². The first-order valence-corrected chi connectivity index (χ1v) is 10.4. The number of fused-ring (bicyclic) bond motifs is 1. The Morgan fingerprint density at radius 1 is 1.07 bits per heavy atom. The molecule has 0 aliphatic rings. The molecule has 1 unspecified atom stereocenters. The fourth-order valence-electron chi connectivity index (χ4n) is 3.51. The first kappa shape index (κ1) is 19.1. The highest BCUT2D eigenvalue weighted by Gasteiger charge is 2.22. The Hall–Kier alpha value is -3.25. The highest BCUT2D eigenvalue weighted by molar-refractivity contribution is 7.17. The zero-order valence-corrected chi connectivity index (χ0v) is 17.1. The van der Waals surface area contributed by atoms with E-state index in [4.69, 9.17) is 5.73 Å². The third kappa shape index (κ3) is 3.36. The lowest BCUT2D eigenvalue weighted by Crippen LogP contribution is -2.34. The quantitative estimate of drug-likeness (QED) is 0.536. The van der Waals surface area contributed by atoms with Gasteiger partial charge < -0.3 is 5.73 Å². The van der Waals surface area contributed by atoms with Crippen molar-refractivity contribution in [3.05, 3.63) is 76.2 Å². The van der Waals surface area contributed by atoms with E-state index in [9.17, 15) is 9.59 Å². The van der Waals surface area contributed by atoms with E-state index in [0.29, 0.717) is 22.5 Å². The maximum atomic E-state index is 13.3. The maximum Gasteiger partial charge on any atom is 0.263 e. The molecule has 2 aromatic carbocycles. The Morgan fingerprint density at radius 2 is 1.69 bits per heavy atom. The monoisotopic (exact) mass is 403 g/mol. The molecule has 0 aliphatic heterocycles. The van der Waals surface area contributed by atoms with Gasteiger partial charge in [-0.15, -0.1) is 11.3 Å². The third-order valence-electron chi connectivity index (χ3n) is 5.13. The summed E-state index contributed by atoms with van der Waals surface area (Å²) in [6, 6.07) is 17.5. The summed E-state index contributed by atoms with van der Waals surface area (Å²) in [7, 11) is 0. The van der Waals surface area contributed by atoms with Crippen LogP contribution in [0.15, 0.2) is 64.8 Å². The molecule has 0 aliphatic carbocycles. The predicted molar refractivity (Wildman–Crippen MR) is 118 cm³/mol. The predicted octanol–water partition coefficient (Wildman–Crippen LogP) is 4.40. The number of benzene rings is 2. The molecule has 5 nitrogen and oxygen atoms in total. The summed E-state index contributed by atoms with van der Waals surface area (Å²) in [6.07, 6.45) is 0.543. The van der Waals surface area contributed by atoms with Crippen molar-refractivity contribution in [1.29, 1.82) is 0 Å². The summed E-state index contributed by atoms with van der Waals surface area (Å²) in [5.41, 5.74) is 9.28. The van der Waals surface area contributed by atoms with Crippen LogP contribution in [-0.2, 0) is 11.2 Å². The van der Waals surface area contributed by atoms with Crippen molar-refractivity contribution in [3.8, 4) is 22.3 Å². The molecular formula is C23H21N3O2S. The van der Waals surface area contributed by atoms with Crippen molar-refractivity contribution in [3.63, 3.8) is 0 Å². The van der Waals surface area contributed by atoms with E-state index in [2.05, 4.69) is 17.1 Å². The molecule has 1 amide bonds. The number of thiophene rings is 1. The minimum atomic E-state index is -0.748. The molecule has 2 heterocycles. The molecule has 0 spiro atoms. The maximum absolute atomic E-state index is 13.3. The van der Waals surface area contributed by atoms with E-state index in [1.54, 1.807) is 6.92 Å². The Kier molecular flexibility index (Phi) is 5.03. The molecule has 1 atom stereocenters. The van der Waals surface area contributed by atoms with E-state index < -0.39 is 11.9 Å². The van der Waals surface area contributed by atoms with Crippen LogP contribution in [-0.4, -0.2) is 15.5 Å². The van der Waals surface area contributed by atoms with Crippen LogP contribution in [0.5, 0.6) is 0 Å². The van der Waals surface area contributed by atoms with Crippen molar-refractivity contribution in [2.75, 3.05) is 0 Å². The number of carbonyl (C=O) groups is 1. The molecule has 4 aromatic rings. The molecule has 0 saturated heterocycles. The second-order valence-electron chi connectivity index (χ2n) is 6.91. The SMILES string of the molecule is CCc1nc2scc(-c3ccc(-c4ccccc4)cc3)c2c(=O)n1C(C)C(N)=O. The number of nitrogens with zero attached hydrogens (tertiary/aromatic N) is 2. The average Bonchev–Trinajstić information content (AvgIpc) is 3.18. The van der Waals surface area contributed by atoms with Gasteiger partial charge in [0.15, 0.2) is 0 Å². The summed E-state index contributed by atoms with van der Waals surface area (Å²) in [5.74, 6) is 0.0218. The van der Waals surface area contributed by atoms with Gasteiger partial charge in [0.2, 0.25) is 5.91 Å². The van der Waals surface area contributed by atoms with Gasteiger partial charge in [-0.25, -0.2) is 4.98 Å². The van der Waals surface area contributed by atoms with Crippen molar-refractivity contribution < 1.29 is 4.79 Å². The zero-order valence-electron chi connectivity index (χ0n) is 16.3. The fraction of sp³-hybridized carbons (Fsp3) is 0.174. The molecule has 0 saturated carbocycles. The Morgan fingerprint density at radius 3 is 2.31 bits per heavy atom. The molecule has 2 aromatic heterocycles. The number of hydrogen-bond donors (Lipinski definition) is 1. The van der Waals surface area contributed by atoms with Crippen molar-refractivity contribution >= 4 is 27.5 Å². The Balaban J connectivity index is 1.86. The average molecular weight is 404 g/mol. The minimum Gasteiger partial charge on any atom is -0.368 e. The van der Waals surface area contributed by atoms with Gasteiger partial charge in [0.05, 0.1) is 5.39 Å². The second-order valence-corrected chi connectivity index (χ2v) is 7.77. The summed E-state index contributed by atoms with van der Waals surface area (Å²) in [4.78, 5) is 30.4. The van der Waals surface area contributed by atoms with Gasteiger partial charge in [0.1, 0.15) is 16.7 Å². The van der Waals surface area contributed by atoms with E-state index >= 15 is 0 Å². The number of primary amides is 1. The third-order valence-corrected chi connectivity index (χ3v) is 6.00. The smallest absolute Gasteiger partial charge is 0.263 e. The largest absolute Gasteiger partial charge is 0.368 e. The van der Waals surface area contributed by atoms with Crippen molar-refractivity contribution in [1.82, 2.24) is 9.55 Å².